The Balaban J connectivity index is 0.000000163. The van der Waals surface area contributed by atoms with E-state index < -0.39 is 0 Å². The first kappa shape index (κ1) is 29.2. The Hall–Kier alpha value is -5.49. The zero-order valence-electron chi connectivity index (χ0n) is 25.6. The van der Waals surface area contributed by atoms with Crippen LogP contribution < -0.4 is 11.5 Å². The fraction of sp³-hybridized carbons (Fsp3) is 0.0488. The molecule has 0 spiro atoms. The molecule has 0 aliphatic carbocycles. The van der Waals surface area contributed by atoms with Gasteiger partial charge >= 0.3 is 0 Å². The Bertz CT molecular complexity index is 2490. The van der Waals surface area contributed by atoms with E-state index in [0.717, 1.165) is 5.56 Å². The summed E-state index contributed by atoms with van der Waals surface area (Å²) in [5.74, 6) is 0.121. The van der Waals surface area contributed by atoms with Gasteiger partial charge in [-0.3, -0.25) is 5.41 Å². The van der Waals surface area contributed by atoms with Crippen LogP contribution in [0.25, 0.3) is 63.5 Å². The van der Waals surface area contributed by atoms with E-state index in [9.17, 15) is 0 Å². The van der Waals surface area contributed by atoms with Gasteiger partial charge in [0.05, 0.1) is 5.52 Å². The first-order chi connectivity index (χ1) is 22.6. The highest BCUT2D eigenvalue weighted by molar-refractivity contribution is 7.27. The van der Waals surface area contributed by atoms with Gasteiger partial charge in [0.15, 0.2) is 0 Å². The van der Waals surface area contributed by atoms with E-state index in [1.807, 2.05) is 72.0 Å². The molecule has 2 heterocycles. The number of aryl methyl sites for hydroxylation is 1. The molecular formula is C41H34N4S. The summed E-state index contributed by atoms with van der Waals surface area (Å²) in [6, 6.07) is 50.3. The van der Waals surface area contributed by atoms with Gasteiger partial charge in [0.1, 0.15) is 5.84 Å². The highest BCUT2D eigenvalue weighted by Crippen LogP contribution is 2.48. The number of nitrogens with one attached hydrogen (secondary N) is 1. The van der Waals surface area contributed by atoms with Crippen molar-refractivity contribution in [3.05, 3.63) is 157 Å². The molecule has 224 valence electrons. The van der Waals surface area contributed by atoms with Crippen molar-refractivity contribution in [1.82, 2.24) is 4.57 Å². The SMILES string of the molecule is Cn1c2ccccc2c2c3ccc4ccccc4c3c3sc4ccccc4c3c21.N=C(N)c1ccccc1.NCc1ccccc1. The van der Waals surface area contributed by atoms with Crippen molar-refractivity contribution in [2.45, 2.75) is 6.54 Å². The highest BCUT2D eigenvalue weighted by atomic mass is 32.1. The molecule has 9 rings (SSSR count). The lowest BCUT2D eigenvalue weighted by Gasteiger charge is -2.09. The second kappa shape index (κ2) is 12.5. The number of fused-ring (bicyclic) bond motifs is 12. The van der Waals surface area contributed by atoms with E-state index in [0.29, 0.717) is 6.54 Å². The van der Waals surface area contributed by atoms with Gasteiger partial charge < -0.3 is 16.0 Å². The number of para-hydroxylation sites is 1. The fourth-order valence-electron chi connectivity index (χ4n) is 6.37. The number of hydrogen-bond acceptors (Lipinski definition) is 3. The molecule has 0 aliphatic rings. The summed E-state index contributed by atoms with van der Waals surface area (Å²) < 4.78 is 5.15. The number of nitrogens with two attached hydrogens (primary N) is 2. The van der Waals surface area contributed by atoms with E-state index in [1.165, 1.54) is 69.1 Å². The molecule has 0 bridgehead atoms. The minimum Gasteiger partial charge on any atom is -0.384 e. The van der Waals surface area contributed by atoms with E-state index in [1.54, 1.807) is 0 Å². The summed E-state index contributed by atoms with van der Waals surface area (Å²) in [5, 5.41) is 17.9. The number of hydrogen-bond donors (Lipinski definition) is 3. The topological polar surface area (TPSA) is 80.8 Å². The molecule has 4 nitrogen and oxygen atoms in total. The van der Waals surface area contributed by atoms with Crippen LogP contribution >= 0.6 is 11.3 Å². The number of aromatic nitrogens is 1. The maximum Gasteiger partial charge on any atom is 0.122 e. The molecule has 0 radical (unpaired) electrons. The van der Waals surface area contributed by atoms with Crippen molar-refractivity contribution < 1.29 is 0 Å². The number of benzene rings is 7. The molecule has 5 heteroatoms. The molecule has 5 N–H and O–H groups in total. The molecule has 0 saturated heterocycles. The van der Waals surface area contributed by atoms with Crippen LogP contribution in [0.4, 0.5) is 0 Å². The van der Waals surface area contributed by atoms with Crippen molar-refractivity contribution in [1.29, 1.82) is 5.41 Å². The van der Waals surface area contributed by atoms with Crippen LogP contribution in [0.3, 0.4) is 0 Å². The number of amidine groups is 1. The molecule has 7 aromatic carbocycles. The second-order valence-electron chi connectivity index (χ2n) is 11.3. The van der Waals surface area contributed by atoms with Crippen LogP contribution in [0.1, 0.15) is 11.1 Å². The van der Waals surface area contributed by atoms with Crippen molar-refractivity contribution in [3.63, 3.8) is 0 Å². The molecule has 0 fully saturated rings. The zero-order valence-corrected chi connectivity index (χ0v) is 26.4. The lowest BCUT2D eigenvalue weighted by atomic mass is 9.95. The van der Waals surface area contributed by atoms with Crippen LogP contribution in [-0.2, 0) is 13.6 Å². The predicted molar refractivity (Wildman–Crippen MR) is 200 cm³/mol. The van der Waals surface area contributed by atoms with Gasteiger partial charge in [-0.25, -0.2) is 0 Å². The molecule has 9 aromatic rings. The Kier molecular flexibility index (Phi) is 7.93. The molecule has 46 heavy (non-hydrogen) atoms. The van der Waals surface area contributed by atoms with Crippen molar-refractivity contribution in [2.75, 3.05) is 0 Å². The zero-order chi connectivity index (χ0) is 31.6. The monoisotopic (exact) mass is 614 g/mol. The molecule has 0 amide bonds. The first-order valence-electron chi connectivity index (χ1n) is 15.3. The van der Waals surface area contributed by atoms with Crippen LogP contribution in [0.5, 0.6) is 0 Å². The quantitative estimate of drug-likeness (QED) is 0.103. The molecule has 0 aliphatic heterocycles. The first-order valence-corrected chi connectivity index (χ1v) is 16.1. The highest BCUT2D eigenvalue weighted by Gasteiger charge is 2.20. The van der Waals surface area contributed by atoms with Gasteiger partial charge in [0, 0.05) is 61.0 Å². The molecule has 0 unspecified atom stereocenters. The molecule has 0 atom stereocenters. The summed E-state index contributed by atoms with van der Waals surface area (Å²) in [4.78, 5) is 0. The van der Waals surface area contributed by atoms with Gasteiger partial charge in [-0.1, -0.05) is 133 Å². The molecule has 2 aromatic heterocycles. The van der Waals surface area contributed by atoms with Crippen LogP contribution in [0.15, 0.2) is 146 Å². The van der Waals surface area contributed by atoms with Gasteiger partial charge in [-0.2, -0.15) is 0 Å². The Morgan fingerprint density at radius 1 is 0.609 bits per heavy atom. The third-order valence-electron chi connectivity index (χ3n) is 8.53. The Morgan fingerprint density at radius 2 is 1.22 bits per heavy atom. The third-order valence-corrected chi connectivity index (χ3v) is 9.72. The van der Waals surface area contributed by atoms with Crippen molar-refractivity contribution in [2.24, 2.45) is 18.5 Å². The summed E-state index contributed by atoms with van der Waals surface area (Å²) >= 11 is 1.93. The largest absolute Gasteiger partial charge is 0.384 e. The van der Waals surface area contributed by atoms with E-state index in [4.69, 9.17) is 16.9 Å². The summed E-state index contributed by atoms with van der Waals surface area (Å²) in [6.45, 7) is 0.640. The Labute approximate surface area is 271 Å². The molecular weight excluding hydrogens is 581 g/mol. The minimum atomic E-state index is 0.121. The maximum absolute atomic E-state index is 7.01. The van der Waals surface area contributed by atoms with Crippen LogP contribution in [0.2, 0.25) is 0 Å². The van der Waals surface area contributed by atoms with Crippen LogP contribution in [-0.4, -0.2) is 10.4 Å². The number of nitrogens with zero attached hydrogens (tertiary/aromatic N) is 1. The fourth-order valence-corrected chi connectivity index (χ4v) is 7.65. The minimum absolute atomic E-state index is 0.121. The van der Waals surface area contributed by atoms with Gasteiger partial charge in [0.25, 0.3) is 0 Å². The standard InChI is InChI=1S/C27H17NS.C7H8N2.C7H9N/c1-28-21-12-6-4-10-18(21)23-20-15-14-16-8-2-3-9-17(16)24(20)27-25(26(23)28)19-11-5-7-13-22(19)29-27;8-7(9)6-4-2-1-3-5-6;8-6-7-4-2-1-3-5-7/h2-15H,1H3;1-5H,(H3,8,9);1-5H,6,8H2. The average molecular weight is 615 g/mol. The van der Waals surface area contributed by atoms with Crippen molar-refractivity contribution >= 4 is 80.7 Å². The summed E-state index contributed by atoms with van der Waals surface area (Å²) in [7, 11) is 2.21. The Morgan fingerprint density at radius 3 is 1.89 bits per heavy atom. The van der Waals surface area contributed by atoms with Gasteiger partial charge in [-0.15, -0.1) is 11.3 Å². The normalized spacial score (nSPS) is 11.1. The molecule has 0 saturated carbocycles. The lowest BCUT2D eigenvalue weighted by Crippen LogP contribution is -2.10. The third kappa shape index (κ3) is 5.16. The smallest absolute Gasteiger partial charge is 0.122 e. The van der Waals surface area contributed by atoms with Gasteiger partial charge in [0.2, 0.25) is 0 Å². The van der Waals surface area contributed by atoms with E-state index in [2.05, 4.69) is 96.5 Å². The average Bonchev–Trinajstić information content (AvgIpc) is 3.65. The number of thiophene rings is 1. The second-order valence-corrected chi connectivity index (χ2v) is 12.3. The van der Waals surface area contributed by atoms with Crippen LogP contribution in [0, 0.1) is 5.41 Å². The number of nitrogen functional groups attached to an aromatic ring is 1. The van der Waals surface area contributed by atoms with E-state index in [-0.39, 0.29) is 5.84 Å². The van der Waals surface area contributed by atoms with Gasteiger partial charge in [-0.05, 0) is 33.9 Å². The summed E-state index contributed by atoms with van der Waals surface area (Å²) in [5.41, 5.74) is 15.1. The maximum atomic E-state index is 7.01. The van der Waals surface area contributed by atoms with Crippen molar-refractivity contribution in [3.8, 4) is 0 Å². The number of rotatable bonds is 2. The summed E-state index contributed by atoms with van der Waals surface area (Å²) in [6.07, 6.45) is 0. The predicted octanol–water partition coefficient (Wildman–Crippen LogP) is 10.1. The van der Waals surface area contributed by atoms with E-state index >= 15 is 0 Å². The lowest BCUT2D eigenvalue weighted by molar-refractivity contribution is 1.02.